The van der Waals surface area contributed by atoms with Crippen LogP contribution in [0.1, 0.15) is 47.0 Å². The Kier molecular flexibility index (Phi) is 3.46. The molecule has 5 atom stereocenters. The summed E-state index contributed by atoms with van der Waals surface area (Å²) < 4.78 is 11.3. The van der Waals surface area contributed by atoms with Crippen LogP contribution in [0.3, 0.4) is 0 Å². The van der Waals surface area contributed by atoms with Crippen molar-refractivity contribution >= 4 is 10.8 Å². The molecule has 2 aliphatic carbocycles. The normalized spacial score (nSPS) is 42.6. The average molecular weight is 257 g/mol. The zero-order valence-corrected chi connectivity index (χ0v) is 12.7. The third-order valence-corrected chi connectivity index (χ3v) is 6.18. The first-order chi connectivity index (χ1) is 7.75. The van der Waals surface area contributed by atoms with Gasteiger partial charge in [0.1, 0.15) is 0 Å². The molecule has 2 aliphatic rings. The molecule has 17 heavy (non-hydrogen) atoms. The monoisotopic (exact) mass is 257 g/mol. The van der Waals surface area contributed by atoms with Gasteiger partial charge in [0, 0.05) is 34.9 Å². The maximum atomic E-state index is 11.3. The largest absolute Gasteiger partial charge is 0.310 e. The van der Waals surface area contributed by atoms with Crippen LogP contribution in [-0.2, 0) is 10.8 Å². The van der Waals surface area contributed by atoms with E-state index in [1.54, 1.807) is 6.26 Å². The molecular formula is C14H27NOS. The van der Waals surface area contributed by atoms with Crippen molar-refractivity contribution in [2.24, 2.45) is 16.7 Å². The Labute approximate surface area is 108 Å². The maximum absolute atomic E-state index is 11.3. The molecule has 0 radical (unpaired) electrons. The third kappa shape index (κ3) is 2.33. The van der Waals surface area contributed by atoms with Crippen LogP contribution in [0.25, 0.3) is 0 Å². The summed E-state index contributed by atoms with van der Waals surface area (Å²) in [6.45, 7) is 9.44. The number of rotatable bonds is 4. The van der Waals surface area contributed by atoms with Crippen LogP contribution in [0.2, 0.25) is 0 Å². The predicted molar refractivity (Wildman–Crippen MR) is 74.5 cm³/mol. The Bertz CT molecular complexity index is 323. The summed E-state index contributed by atoms with van der Waals surface area (Å²) in [5.41, 5.74) is 0.869. The van der Waals surface area contributed by atoms with Crippen LogP contribution < -0.4 is 5.32 Å². The number of nitrogens with one attached hydrogen (secondary N) is 1. The number of hydrogen-bond donors (Lipinski definition) is 1. The molecule has 0 aromatic heterocycles. The lowest BCUT2D eigenvalue weighted by Crippen LogP contribution is -2.54. The minimum Gasteiger partial charge on any atom is -0.310 e. The van der Waals surface area contributed by atoms with Gasteiger partial charge in [0.15, 0.2) is 0 Å². The zero-order chi connectivity index (χ0) is 12.8. The van der Waals surface area contributed by atoms with Gasteiger partial charge < -0.3 is 5.32 Å². The first-order valence-electron chi connectivity index (χ1n) is 6.82. The second-order valence-electron chi connectivity index (χ2n) is 7.16. The molecule has 1 N–H and O–H groups in total. The van der Waals surface area contributed by atoms with E-state index in [9.17, 15) is 4.21 Å². The van der Waals surface area contributed by atoms with Crippen LogP contribution in [-0.4, -0.2) is 28.3 Å². The highest BCUT2D eigenvalue weighted by molar-refractivity contribution is 7.84. The van der Waals surface area contributed by atoms with Crippen molar-refractivity contribution in [3.63, 3.8) is 0 Å². The van der Waals surface area contributed by atoms with Crippen molar-refractivity contribution in [1.82, 2.24) is 5.32 Å². The quantitative estimate of drug-likeness (QED) is 0.838. The fraction of sp³-hybridized carbons (Fsp3) is 1.00. The molecular weight excluding hydrogens is 230 g/mol. The molecule has 2 rings (SSSR count). The first kappa shape index (κ1) is 13.5. The van der Waals surface area contributed by atoms with Crippen molar-refractivity contribution in [3.05, 3.63) is 0 Å². The van der Waals surface area contributed by atoms with E-state index in [-0.39, 0.29) is 0 Å². The lowest BCUT2D eigenvalue weighted by atomic mass is 9.68. The van der Waals surface area contributed by atoms with E-state index >= 15 is 0 Å². The molecule has 0 aromatic carbocycles. The third-order valence-electron chi connectivity index (χ3n) is 5.21. The Hall–Kier alpha value is 0.110. The zero-order valence-electron chi connectivity index (χ0n) is 11.9. The minimum absolute atomic E-state index is 0.362. The van der Waals surface area contributed by atoms with Gasteiger partial charge in [-0.3, -0.25) is 4.21 Å². The standard InChI is InChI=1S/C14H27NOS/c1-10(9-17(5)16)15-12-13(2,3)11-6-7-14(12,4)8-11/h10-12,15H,6-9H2,1-5H3. The molecule has 0 spiro atoms. The number of hydrogen-bond acceptors (Lipinski definition) is 2. The molecule has 2 nitrogen and oxygen atoms in total. The molecule has 0 aromatic rings. The van der Waals surface area contributed by atoms with Crippen LogP contribution >= 0.6 is 0 Å². The molecule has 2 fully saturated rings. The second-order valence-corrected chi connectivity index (χ2v) is 8.64. The van der Waals surface area contributed by atoms with Gasteiger partial charge in [0.05, 0.1) is 0 Å². The van der Waals surface area contributed by atoms with Crippen LogP contribution in [0.4, 0.5) is 0 Å². The van der Waals surface area contributed by atoms with Crippen molar-refractivity contribution < 1.29 is 4.21 Å². The summed E-state index contributed by atoms with van der Waals surface area (Å²) in [7, 11) is -0.698. The molecule has 2 saturated carbocycles. The van der Waals surface area contributed by atoms with Crippen molar-refractivity contribution in [3.8, 4) is 0 Å². The van der Waals surface area contributed by atoms with Gasteiger partial charge in [-0.25, -0.2) is 0 Å². The smallest absolute Gasteiger partial charge is 0.0383 e. The lowest BCUT2D eigenvalue weighted by molar-refractivity contribution is 0.103. The molecule has 100 valence electrons. The van der Waals surface area contributed by atoms with E-state index in [4.69, 9.17) is 0 Å². The summed E-state index contributed by atoms with van der Waals surface area (Å²) in [5, 5.41) is 3.78. The van der Waals surface area contributed by atoms with Crippen LogP contribution in [0, 0.1) is 16.7 Å². The van der Waals surface area contributed by atoms with Crippen LogP contribution in [0.5, 0.6) is 0 Å². The summed E-state index contributed by atoms with van der Waals surface area (Å²) in [6, 6.07) is 0.952. The number of fused-ring (bicyclic) bond motifs is 2. The van der Waals surface area contributed by atoms with Gasteiger partial charge in [-0.1, -0.05) is 20.8 Å². The van der Waals surface area contributed by atoms with Gasteiger partial charge in [-0.15, -0.1) is 0 Å². The van der Waals surface area contributed by atoms with E-state index in [1.165, 1.54) is 19.3 Å². The van der Waals surface area contributed by atoms with Gasteiger partial charge >= 0.3 is 0 Å². The fourth-order valence-corrected chi connectivity index (χ4v) is 5.20. The van der Waals surface area contributed by atoms with Crippen LogP contribution in [0.15, 0.2) is 0 Å². The molecule has 2 bridgehead atoms. The first-order valence-corrected chi connectivity index (χ1v) is 8.54. The van der Waals surface area contributed by atoms with E-state index in [2.05, 4.69) is 33.0 Å². The Morgan fingerprint density at radius 3 is 2.53 bits per heavy atom. The fourth-order valence-electron chi connectivity index (χ4n) is 4.40. The highest BCUT2D eigenvalue weighted by Crippen LogP contribution is 2.62. The van der Waals surface area contributed by atoms with Gasteiger partial charge in [-0.05, 0) is 42.9 Å². The van der Waals surface area contributed by atoms with Crippen molar-refractivity contribution in [2.75, 3.05) is 12.0 Å². The average Bonchev–Trinajstić information content (AvgIpc) is 2.63. The topological polar surface area (TPSA) is 29.1 Å². The van der Waals surface area contributed by atoms with Crippen molar-refractivity contribution in [2.45, 2.75) is 59.0 Å². The molecule has 3 heteroatoms. The lowest BCUT2D eigenvalue weighted by Gasteiger charge is -2.44. The Morgan fingerprint density at radius 2 is 2.06 bits per heavy atom. The maximum Gasteiger partial charge on any atom is 0.0383 e. The SMILES string of the molecule is CC(CS(C)=O)NC1C2(C)CCC(C2)C1(C)C. The summed E-state index contributed by atoms with van der Waals surface area (Å²) in [4.78, 5) is 0. The minimum atomic E-state index is -0.698. The molecule has 5 unspecified atom stereocenters. The highest BCUT2D eigenvalue weighted by Gasteiger charge is 2.59. The van der Waals surface area contributed by atoms with E-state index in [0.717, 1.165) is 11.7 Å². The van der Waals surface area contributed by atoms with Gasteiger partial charge in [0.25, 0.3) is 0 Å². The molecule has 0 saturated heterocycles. The molecule has 0 aliphatic heterocycles. The second kappa shape index (κ2) is 4.34. The summed E-state index contributed by atoms with van der Waals surface area (Å²) >= 11 is 0. The highest BCUT2D eigenvalue weighted by atomic mass is 32.2. The molecule has 0 heterocycles. The van der Waals surface area contributed by atoms with E-state index < -0.39 is 10.8 Å². The summed E-state index contributed by atoms with van der Waals surface area (Å²) in [6.07, 6.45) is 5.93. The van der Waals surface area contributed by atoms with E-state index in [0.29, 0.717) is 22.9 Å². The van der Waals surface area contributed by atoms with E-state index in [1.807, 2.05) is 0 Å². The van der Waals surface area contributed by atoms with Gasteiger partial charge in [-0.2, -0.15) is 0 Å². The summed E-state index contributed by atoms with van der Waals surface area (Å²) in [5.74, 6) is 1.65. The Morgan fingerprint density at radius 1 is 1.41 bits per heavy atom. The molecule has 0 amide bonds. The van der Waals surface area contributed by atoms with Gasteiger partial charge in [0.2, 0.25) is 0 Å². The predicted octanol–water partition coefficient (Wildman–Crippen LogP) is 2.56. The van der Waals surface area contributed by atoms with Crippen molar-refractivity contribution in [1.29, 1.82) is 0 Å². The Balaban J connectivity index is 2.07.